The van der Waals surface area contributed by atoms with Crippen molar-refractivity contribution in [2.75, 3.05) is 6.61 Å². The molecule has 2 nitrogen and oxygen atoms in total. The Balaban J connectivity index is 2.41. The summed E-state index contributed by atoms with van der Waals surface area (Å²) in [7, 11) is 0. The molecule has 1 aliphatic rings. The highest BCUT2D eigenvalue weighted by atomic mass is 16.5. The zero-order valence-electron chi connectivity index (χ0n) is 4.18. The van der Waals surface area contributed by atoms with Gasteiger partial charge in [-0.1, -0.05) is 0 Å². The number of rotatable bonds is 0. The van der Waals surface area contributed by atoms with Crippen LogP contribution in [0, 0.1) is 0 Å². The molecule has 2 heteroatoms. The van der Waals surface area contributed by atoms with Crippen LogP contribution in [-0.2, 0) is 4.74 Å². The number of hydrogen-bond donors (Lipinski definition) is 1. The fraction of sp³-hybridized carbons (Fsp3) is 0.600. The van der Waals surface area contributed by atoms with Crippen molar-refractivity contribution in [2.45, 2.75) is 12.8 Å². The van der Waals surface area contributed by atoms with E-state index in [1.54, 1.807) is 0 Å². The van der Waals surface area contributed by atoms with Gasteiger partial charge in [-0.2, -0.15) is 0 Å². The summed E-state index contributed by atoms with van der Waals surface area (Å²) in [6.45, 7) is 0.850. The summed E-state index contributed by atoms with van der Waals surface area (Å²) in [5.74, 6) is 0.944. The van der Waals surface area contributed by atoms with Crippen molar-refractivity contribution in [3.05, 3.63) is 12.0 Å². The van der Waals surface area contributed by atoms with Gasteiger partial charge in [0, 0.05) is 12.6 Å². The quantitative estimate of drug-likeness (QED) is 0.482. The second-order valence-electron chi connectivity index (χ2n) is 1.58. The smallest absolute Gasteiger partial charge is 0.111 e. The Bertz CT molecular complexity index is 80.1. The summed E-state index contributed by atoms with van der Waals surface area (Å²) in [5, 5.41) is 0. The molecule has 0 amide bonds. The minimum absolute atomic E-state index is 0.850. The molecule has 0 spiro atoms. The molecule has 1 rings (SSSR count). The zero-order chi connectivity index (χ0) is 5.11. The molecule has 1 fully saturated rings. The van der Waals surface area contributed by atoms with Crippen molar-refractivity contribution in [1.29, 1.82) is 0 Å². The highest BCUT2D eigenvalue weighted by Gasteiger charge is 2.04. The predicted molar refractivity (Wildman–Crippen MR) is 27.5 cm³/mol. The van der Waals surface area contributed by atoms with Gasteiger partial charge in [0.15, 0.2) is 0 Å². The Hall–Kier alpha value is -0.660. The van der Waals surface area contributed by atoms with Gasteiger partial charge in [0.1, 0.15) is 5.76 Å². The van der Waals surface area contributed by atoms with Gasteiger partial charge >= 0.3 is 0 Å². The third kappa shape index (κ3) is 0.856. The van der Waals surface area contributed by atoms with Crippen LogP contribution in [0.4, 0.5) is 0 Å². The second kappa shape index (κ2) is 1.87. The van der Waals surface area contributed by atoms with E-state index < -0.39 is 0 Å². The van der Waals surface area contributed by atoms with E-state index in [0.29, 0.717) is 0 Å². The zero-order valence-corrected chi connectivity index (χ0v) is 4.18. The number of nitrogens with two attached hydrogens (primary N) is 1. The van der Waals surface area contributed by atoms with Gasteiger partial charge in [0.05, 0.1) is 6.61 Å². The van der Waals surface area contributed by atoms with Crippen LogP contribution in [0.1, 0.15) is 12.8 Å². The van der Waals surface area contributed by atoms with E-state index in [9.17, 15) is 0 Å². The van der Waals surface area contributed by atoms with Gasteiger partial charge in [0.2, 0.25) is 0 Å². The Kier molecular flexibility index (Phi) is 1.20. The Morgan fingerprint density at radius 3 is 2.86 bits per heavy atom. The lowest BCUT2D eigenvalue weighted by molar-refractivity contribution is 0.262. The summed E-state index contributed by atoms with van der Waals surface area (Å²) in [6.07, 6.45) is 3.69. The molecular formula is C5H9NO. The summed E-state index contributed by atoms with van der Waals surface area (Å²) in [6, 6.07) is 0. The molecule has 0 radical (unpaired) electrons. The van der Waals surface area contributed by atoms with E-state index in [0.717, 1.165) is 25.2 Å². The monoisotopic (exact) mass is 99.1 g/mol. The highest BCUT2D eigenvalue weighted by Crippen LogP contribution is 2.13. The van der Waals surface area contributed by atoms with Crippen LogP contribution < -0.4 is 5.73 Å². The van der Waals surface area contributed by atoms with Crippen LogP contribution in [0.5, 0.6) is 0 Å². The SMILES string of the molecule is NC=C1CCCO1. The van der Waals surface area contributed by atoms with Gasteiger partial charge in [0.25, 0.3) is 0 Å². The summed E-state index contributed by atoms with van der Waals surface area (Å²) in [5.41, 5.74) is 5.15. The van der Waals surface area contributed by atoms with Crippen molar-refractivity contribution in [3.8, 4) is 0 Å². The van der Waals surface area contributed by atoms with E-state index >= 15 is 0 Å². The summed E-state index contributed by atoms with van der Waals surface area (Å²) >= 11 is 0. The Labute approximate surface area is 43.0 Å². The minimum atomic E-state index is 0.850. The molecule has 0 bridgehead atoms. The fourth-order valence-corrected chi connectivity index (χ4v) is 0.653. The van der Waals surface area contributed by atoms with Gasteiger partial charge in [-0.25, -0.2) is 0 Å². The van der Waals surface area contributed by atoms with Crippen LogP contribution in [0.15, 0.2) is 12.0 Å². The van der Waals surface area contributed by atoms with Gasteiger partial charge in [-0.05, 0) is 6.42 Å². The van der Waals surface area contributed by atoms with Gasteiger partial charge < -0.3 is 10.5 Å². The van der Waals surface area contributed by atoms with E-state index in [1.807, 2.05) is 0 Å². The van der Waals surface area contributed by atoms with Crippen molar-refractivity contribution in [1.82, 2.24) is 0 Å². The molecule has 40 valence electrons. The van der Waals surface area contributed by atoms with E-state index in [-0.39, 0.29) is 0 Å². The van der Waals surface area contributed by atoms with Crippen molar-refractivity contribution in [2.24, 2.45) is 5.73 Å². The molecule has 0 atom stereocenters. The van der Waals surface area contributed by atoms with Crippen molar-refractivity contribution >= 4 is 0 Å². The van der Waals surface area contributed by atoms with Crippen LogP contribution in [0.2, 0.25) is 0 Å². The van der Waals surface area contributed by atoms with E-state index in [4.69, 9.17) is 10.5 Å². The Morgan fingerprint density at radius 1 is 1.71 bits per heavy atom. The maximum atomic E-state index is 5.15. The van der Waals surface area contributed by atoms with Crippen LogP contribution in [-0.4, -0.2) is 6.61 Å². The van der Waals surface area contributed by atoms with Crippen LogP contribution in [0.25, 0.3) is 0 Å². The molecule has 0 saturated carbocycles. The Morgan fingerprint density at radius 2 is 2.57 bits per heavy atom. The third-order valence-electron chi connectivity index (χ3n) is 1.04. The summed E-state index contributed by atoms with van der Waals surface area (Å²) < 4.78 is 5.04. The standard InChI is InChI=1S/C5H9NO/c6-4-5-2-1-3-7-5/h4H,1-3,6H2. The molecule has 1 saturated heterocycles. The number of ether oxygens (including phenoxy) is 1. The molecule has 0 aromatic carbocycles. The first-order chi connectivity index (χ1) is 3.43. The molecule has 2 N–H and O–H groups in total. The molecule has 0 aromatic heterocycles. The second-order valence-corrected chi connectivity index (χ2v) is 1.58. The van der Waals surface area contributed by atoms with Gasteiger partial charge in [-0.3, -0.25) is 0 Å². The molecule has 0 aromatic rings. The number of allylic oxidation sites excluding steroid dienone is 1. The maximum absolute atomic E-state index is 5.15. The first kappa shape index (κ1) is 4.50. The maximum Gasteiger partial charge on any atom is 0.111 e. The van der Waals surface area contributed by atoms with Crippen LogP contribution >= 0.6 is 0 Å². The lowest BCUT2D eigenvalue weighted by Gasteiger charge is -1.91. The largest absolute Gasteiger partial charge is 0.496 e. The average Bonchev–Trinajstić information content (AvgIpc) is 2.14. The fourth-order valence-electron chi connectivity index (χ4n) is 0.653. The van der Waals surface area contributed by atoms with Gasteiger partial charge in [-0.15, -0.1) is 0 Å². The molecule has 7 heavy (non-hydrogen) atoms. The normalized spacial score (nSPS) is 25.4. The first-order valence-corrected chi connectivity index (χ1v) is 2.47. The topological polar surface area (TPSA) is 35.2 Å². The molecule has 0 unspecified atom stereocenters. The molecule has 1 aliphatic heterocycles. The predicted octanol–water partition coefficient (Wildman–Crippen LogP) is 0.597. The number of hydrogen-bond acceptors (Lipinski definition) is 2. The van der Waals surface area contributed by atoms with Crippen molar-refractivity contribution < 1.29 is 4.74 Å². The summed E-state index contributed by atoms with van der Waals surface area (Å²) in [4.78, 5) is 0. The van der Waals surface area contributed by atoms with Crippen molar-refractivity contribution in [3.63, 3.8) is 0 Å². The lowest BCUT2D eigenvalue weighted by atomic mass is 10.3. The highest BCUT2D eigenvalue weighted by molar-refractivity contribution is 4.92. The third-order valence-corrected chi connectivity index (χ3v) is 1.04. The molecular weight excluding hydrogens is 90.1 g/mol. The molecule has 1 heterocycles. The minimum Gasteiger partial charge on any atom is -0.496 e. The first-order valence-electron chi connectivity index (χ1n) is 2.47. The lowest BCUT2D eigenvalue weighted by Crippen LogP contribution is -1.84. The molecule has 0 aliphatic carbocycles. The van der Waals surface area contributed by atoms with E-state index in [2.05, 4.69) is 0 Å². The average molecular weight is 99.1 g/mol. The van der Waals surface area contributed by atoms with Crippen LogP contribution in [0.3, 0.4) is 0 Å². The van der Waals surface area contributed by atoms with E-state index in [1.165, 1.54) is 6.20 Å².